The van der Waals surface area contributed by atoms with Crippen molar-refractivity contribution in [1.29, 1.82) is 0 Å². The lowest BCUT2D eigenvalue weighted by atomic mass is 10.2. The zero-order chi connectivity index (χ0) is 19.2. The fourth-order valence-corrected chi connectivity index (χ4v) is 3.89. The minimum Gasteiger partial charge on any atom is -0.492 e. The summed E-state index contributed by atoms with van der Waals surface area (Å²) >= 11 is 7.58. The topological polar surface area (TPSA) is 67.4 Å². The van der Waals surface area contributed by atoms with Gasteiger partial charge < -0.3 is 15.4 Å². The molecule has 5 nitrogen and oxygen atoms in total. The van der Waals surface area contributed by atoms with Crippen molar-refractivity contribution in [3.05, 3.63) is 64.0 Å². The van der Waals surface area contributed by atoms with Crippen LogP contribution in [0.1, 0.15) is 15.2 Å². The summed E-state index contributed by atoms with van der Waals surface area (Å²) in [5.41, 5.74) is 1.16. The Morgan fingerprint density at radius 1 is 1.07 bits per heavy atom. The average molecular weight is 403 g/mol. The maximum Gasteiger partial charge on any atom is 0.263 e. The second-order valence-corrected chi connectivity index (χ2v) is 7.37. The van der Waals surface area contributed by atoms with E-state index in [-0.39, 0.29) is 18.4 Å². The highest BCUT2D eigenvalue weighted by Gasteiger charge is 2.17. The van der Waals surface area contributed by atoms with Crippen LogP contribution in [-0.4, -0.2) is 31.5 Å². The summed E-state index contributed by atoms with van der Waals surface area (Å²) in [4.78, 5) is 24.6. The molecule has 0 saturated heterocycles. The third-order valence-corrected chi connectivity index (χ3v) is 5.54. The molecule has 3 aromatic rings. The first-order valence-corrected chi connectivity index (χ1v) is 9.65. The van der Waals surface area contributed by atoms with Gasteiger partial charge in [-0.1, -0.05) is 47.5 Å². The van der Waals surface area contributed by atoms with Gasteiger partial charge in [-0.3, -0.25) is 9.59 Å². The lowest BCUT2D eigenvalue weighted by Crippen LogP contribution is -2.38. The van der Waals surface area contributed by atoms with Crippen LogP contribution in [0.25, 0.3) is 10.1 Å². The molecule has 3 rings (SSSR count). The molecule has 0 saturated carbocycles. The molecule has 0 bridgehead atoms. The Morgan fingerprint density at radius 2 is 1.81 bits per heavy atom. The molecule has 0 spiro atoms. The summed E-state index contributed by atoms with van der Waals surface area (Å²) < 4.78 is 6.47. The predicted molar refractivity (Wildman–Crippen MR) is 109 cm³/mol. The van der Waals surface area contributed by atoms with E-state index in [9.17, 15) is 9.59 Å². The van der Waals surface area contributed by atoms with E-state index in [0.717, 1.165) is 21.4 Å². The lowest BCUT2D eigenvalue weighted by molar-refractivity contribution is -0.120. The Bertz CT molecular complexity index is 954. The number of halogens is 1. The number of benzene rings is 2. The zero-order valence-corrected chi connectivity index (χ0v) is 16.3. The van der Waals surface area contributed by atoms with E-state index in [1.165, 1.54) is 11.3 Å². The third kappa shape index (κ3) is 4.99. The SMILES string of the molecule is Cc1ccc(OCCNC(=O)CNC(=O)c2sc3ccccc3c2Cl)cc1. The van der Waals surface area contributed by atoms with E-state index in [1.54, 1.807) is 0 Å². The monoisotopic (exact) mass is 402 g/mol. The number of amides is 2. The summed E-state index contributed by atoms with van der Waals surface area (Å²) in [6.45, 7) is 2.59. The van der Waals surface area contributed by atoms with Crippen LogP contribution in [0, 0.1) is 6.92 Å². The molecular formula is C20H19ClN2O3S. The molecule has 0 aliphatic carbocycles. The van der Waals surface area contributed by atoms with Gasteiger partial charge in [-0.25, -0.2) is 0 Å². The van der Waals surface area contributed by atoms with Crippen molar-refractivity contribution >= 4 is 44.8 Å². The molecular weight excluding hydrogens is 384 g/mol. The van der Waals surface area contributed by atoms with Gasteiger partial charge in [0.25, 0.3) is 5.91 Å². The van der Waals surface area contributed by atoms with E-state index in [0.29, 0.717) is 23.1 Å². The molecule has 1 aromatic heterocycles. The normalized spacial score (nSPS) is 10.6. The number of ether oxygens (including phenoxy) is 1. The van der Waals surface area contributed by atoms with Gasteiger partial charge >= 0.3 is 0 Å². The van der Waals surface area contributed by atoms with E-state index in [1.807, 2.05) is 55.5 Å². The van der Waals surface area contributed by atoms with Crippen LogP contribution in [0.5, 0.6) is 5.75 Å². The Morgan fingerprint density at radius 3 is 2.56 bits per heavy atom. The molecule has 0 aliphatic heterocycles. The highest BCUT2D eigenvalue weighted by atomic mass is 35.5. The van der Waals surface area contributed by atoms with E-state index >= 15 is 0 Å². The number of aryl methyl sites for hydroxylation is 1. The number of rotatable bonds is 7. The number of nitrogens with one attached hydrogen (secondary N) is 2. The number of hydrogen-bond donors (Lipinski definition) is 2. The predicted octanol–water partition coefficient (Wildman–Crippen LogP) is 3.79. The number of hydrogen-bond acceptors (Lipinski definition) is 4. The number of fused-ring (bicyclic) bond motifs is 1. The first-order chi connectivity index (χ1) is 13.0. The molecule has 0 atom stereocenters. The largest absolute Gasteiger partial charge is 0.492 e. The second kappa shape index (κ2) is 8.88. The molecule has 2 N–H and O–H groups in total. The standard InChI is InChI=1S/C20H19ClN2O3S/c1-13-6-8-14(9-7-13)26-11-10-22-17(24)12-23-20(25)19-18(21)15-4-2-3-5-16(15)27-19/h2-9H,10-12H2,1H3,(H,22,24)(H,23,25). The molecule has 27 heavy (non-hydrogen) atoms. The minimum atomic E-state index is -0.354. The van der Waals surface area contributed by atoms with Gasteiger partial charge in [-0.2, -0.15) is 0 Å². The van der Waals surface area contributed by atoms with Crippen molar-refractivity contribution in [1.82, 2.24) is 10.6 Å². The summed E-state index contributed by atoms with van der Waals surface area (Å²) in [7, 11) is 0. The molecule has 2 aromatic carbocycles. The quantitative estimate of drug-likeness (QED) is 0.591. The number of thiophene rings is 1. The van der Waals surface area contributed by atoms with Gasteiger partial charge in [0.1, 0.15) is 17.2 Å². The minimum absolute atomic E-state index is 0.117. The summed E-state index contributed by atoms with van der Waals surface area (Å²) in [6.07, 6.45) is 0. The fraction of sp³-hybridized carbons (Fsp3) is 0.200. The fourth-order valence-electron chi connectivity index (χ4n) is 2.46. The first-order valence-electron chi connectivity index (χ1n) is 8.46. The van der Waals surface area contributed by atoms with Crippen LogP contribution in [0.4, 0.5) is 0 Å². The Kier molecular flexibility index (Phi) is 6.32. The Hall–Kier alpha value is -2.57. The third-order valence-electron chi connectivity index (χ3n) is 3.86. The smallest absolute Gasteiger partial charge is 0.263 e. The molecule has 2 amide bonds. The van der Waals surface area contributed by atoms with Crippen LogP contribution in [0.15, 0.2) is 48.5 Å². The Labute approximate surface area is 166 Å². The number of carbonyl (C=O) groups excluding carboxylic acids is 2. The summed E-state index contributed by atoms with van der Waals surface area (Å²) in [5, 5.41) is 6.56. The van der Waals surface area contributed by atoms with Crippen LogP contribution in [0.2, 0.25) is 5.02 Å². The van der Waals surface area contributed by atoms with Crippen molar-refractivity contribution < 1.29 is 14.3 Å². The molecule has 7 heteroatoms. The van der Waals surface area contributed by atoms with Gasteiger partial charge in [0.2, 0.25) is 5.91 Å². The highest BCUT2D eigenvalue weighted by Crippen LogP contribution is 2.34. The van der Waals surface area contributed by atoms with Crippen molar-refractivity contribution in [3.8, 4) is 5.75 Å². The molecule has 0 fully saturated rings. The van der Waals surface area contributed by atoms with Crippen molar-refractivity contribution in [2.24, 2.45) is 0 Å². The lowest BCUT2D eigenvalue weighted by Gasteiger charge is -2.08. The Balaban J connectivity index is 1.42. The second-order valence-electron chi connectivity index (χ2n) is 5.94. The molecule has 0 aliphatic rings. The van der Waals surface area contributed by atoms with Crippen molar-refractivity contribution in [2.45, 2.75) is 6.92 Å². The first kappa shape index (κ1) is 19.2. The van der Waals surface area contributed by atoms with Gasteiger partial charge in [-0.15, -0.1) is 11.3 Å². The van der Waals surface area contributed by atoms with Crippen molar-refractivity contribution in [2.75, 3.05) is 19.7 Å². The highest BCUT2D eigenvalue weighted by molar-refractivity contribution is 7.21. The van der Waals surface area contributed by atoms with Crippen molar-refractivity contribution in [3.63, 3.8) is 0 Å². The maximum atomic E-state index is 12.3. The van der Waals surface area contributed by atoms with E-state index < -0.39 is 0 Å². The van der Waals surface area contributed by atoms with Gasteiger partial charge in [0.15, 0.2) is 0 Å². The maximum absolute atomic E-state index is 12.3. The average Bonchev–Trinajstić information content (AvgIpc) is 3.02. The van der Waals surface area contributed by atoms with Gasteiger partial charge in [0.05, 0.1) is 18.1 Å². The van der Waals surface area contributed by atoms with E-state index in [4.69, 9.17) is 16.3 Å². The molecule has 0 radical (unpaired) electrons. The van der Waals surface area contributed by atoms with Crippen LogP contribution in [-0.2, 0) is 4.79 Å². The van der Waals surface area contributed by atoms with Gasteiger partial charge in [-0.05, 0) is 25.1 Å². The number of carbonyl (C=O) groups is 2. The molecule has 140 valence electrons. The summed E-state index contributed by atoms with van der Waals surface area (Å²) in [5.74, 6) is 0.114. The van der Waals surface area contributed by atoms with Crippen LogP contribution in [0.3, 0.4) is 0 Å². The van der Waals surface area contributed by atoms with Crippen LogP contribution >= 0.6 is 22.9 Å². The van der Waals surface area contributed by atoms with Crippen LogP contribution < -0.4 is 15.4 Å². The summed E-state index contributed by atoms with van der Waals surface area (Å²) in [6, 6.07) is 15.2. The molecule has 1 heterocycles. The zero-order valence-electron chi connectivity index (χ0n) is 14.8. The molecule has 0 unspecified atom stereocenters. The van der Waals surface area contributed by atoms with Gasteiger partial charge in [0, 0.05) is 10.1 Å². The van der Waals surface area contributed by atoms with E-state index in [2.05, 4.69) is 10.6 Å².